The van der Waals surface area contributed by atoms with Crippen LogP contribution in [0.2, 0.25) is 0 Å². The number of nitrogens with one attached hydrogen (secondary N) is 1. The lowest BCUT2D eigenvalue weighted by Gasteiger charge is -2.37. The average Bonchev–Trinajstić information content (AvgIpc) is 2.94. The molecule has 3 aromatic carbocycles. The Morgan fingerprint density at radius 1 is 0.703 bits per heavy atom. The van der Waals surface area contributed by atoms with Crippen molar-refractivity contribution in [1.82, 2.24) is 9.55 Å². The largest absolute Gasteiger partial charge is 0.368 e. The van der Waals surface area contributed by atoms with Crippen LogP contribution in [-0.2, 0) is 0 Å². The molecule has 0 atom stereocenters. The minimum Gasteiger partial charge on any atom is -0.368 e. The summed E-state index contributed by atoms with van der Waals surface area (Å²) < 4.78 is 2.06. The molecule has 2 aromatic heterocycles. The van der Waals surface area contributed by atoms with E-state index in [4.69, 9.17) is 4.98 Å². The highest BCUT2D eigenvalue weighted by molar-refractivity contribution is 5.85. The standard InChI is InChI=1S/C31H29N5O/c1-23-21-28(35-19-17-34(18-20-35)25-13-7-3-8-14-25)33-31-30(23)27(37)22-29(32-24-11-5-2-6-12-24)36(31)26-15-9-4-10-16-26/h2-16,21-22,32H,17-20H2,1H3. The molecule has 1 fully saturated rings. The quantitative estimate of drug-likeness (QED) is 0.341. The van der Waals surface area contributed by atoms with E-state index in [1.807, 2.05) is 67.6 Å². The second-order valence-corrected chi connectivity index (χ2v) is 9.36. The number of para-hydroxylation sites is 3. The van der Waals surface area contributed by atoms with Crippen molar-refractivity contribution in [3.63, 3.8) is 0 Å². The number of aromatic nitrogens is 2. The molecule has 0 radical (unpaired) electrons. The molecule has 6 rings (SSSR count). The van der Waals surface area contributed by atoms with Crippen LogP contribution in [0.1, 0.15) is 5.56 Å². The van der Waals surface area contributed by atoms with Crippen LogP contribution in [0.25, 0.3) is 16.7 Å². The second kappa shape index (κ2) is 9.82. The summed E-state index contributed by atoms with van der Waals surface area (Å²) in [5.41, 5.74) is 4.68. The van der Waals surface area contributed by atoms with Gasteiger partial charge in [-0.05, 0) is 55.0 Å². The number of nitrogens with zero attached hydrogens (tertiary/aromatic N) is 4. The molecule has 6 heteroatoms. The monoisotopic (exact) mass is 487 g/mol. The van der Waals surface area contributed by atoms with Crippen LogP contribution in [0.4, 0.5) is 23.0 Å². The minimum absolute atomic E-state index is 0.0361. The van der Waals surface area contributed by atoms with Crippen LogP contribution in [0.3, 0.4) is 0 Å². The molecule has 0 aliphatic carbocycles. The van der Waals surface area contributed by atoms with Gasteiger partial charge in [0.1, 0.15) is 11.6 Å². The maximum absolute atomic E-state index is 13.4. The molecule has 0 amide bonds. The Labute approximate surface area is 216 Å². The topological polar surface area (TPSA) is 53.4 Å². The van der Waals surface area contributed by atoms with Crippen LogP contribution in [0.15, 0.2) is 108 Å². The number of aryl methyl sites for hydroxylation is 1. The number of hydrogen-bond acceptors (Lipinski definition) is 5. The highest BCUT2D eigenvalue weighted by Crippen LogP contribution is 2.28. The number of anilines is 4. The van der Waals surface area contributed by atoms with Crippen LogP contribution in [0.5, 0.6) is 0 Å². The highest BCUT2D eigenvalue weighted by Gasteiger charge is 2.21. The molecule has 1 aliphatic rings. The highest BCUT2D eigenvalue weighted by atomic mass is 16.1. The van der Waals surface area contributed by atoms with E-state index in [-0.39, 0.29) is 5.43 Å². The van der Waals surface area contributed by atoms with Crippen LogP contribution in [0, 0.1) is 6.92 Å². The molecule has 0 saturated carbocycles. The molecule has 37 heavy (non-hydrogen) atoms. The van der Waals surface area contributed by atoms with Gasteiger partial charge in [-0.25, -0.2) is 4.98 Å². The van der Waals surface area contributed by atoms with E-state index in [2.05, 4.69) is 56.1 Å². The van der Waals surface area contributed by atoms with Gasteiger partial charge in [0.2, 0.25) is 0 Å². The Morgan fingerprint density at radius 3 is 1.92 bits per heavy atom. The van der Waals surface area contributed by atoms with Crippen molar-refractivity contribution < 1.29 is 0 Å². The van der Waals surface area contributed by atoms with Gasteiger partial charge in [-0.2, -0.15) is 0 Å². The third-order valence-electron chi connectivity index (χ3n) is 6.94. The number of rotatable bonds is 5. The Kier molecular flexibility index (Phi) is 6.06. The molecule has 3 heterocycles. The summed E-state index contributed by atoms with van der Waals surface area (Å²) in [4.78, 5) is 23.2. The summed E-state index contributed by atoms with van der Waals surface area (Å²) in [5, 5.41) is 4.10. The lowest BCUT2D eigenvalue weighted by Crippen LogP contribution is -2.46. The number of benzene rings is 3. The first-order valence-corrected chi connectivity index (χ1v) is 12.7. The lowest BCUT2D eigenvalue weighted by atomic mass is 10.1. The van der Waals surface area contributed by atoms with E-state index in [9.17, 15) is 4.79 Å². The first-order valence-electron chi connectivity index (χ1n) is 12.7. The van der Waals surface area contributed by atoms with Crippen LogP contribution in [-0.4, -0.2) is 35.7 Å². The fraction of sp³-hybridized carbons (Fsp3) is 0.161. The second-order valence-electron chi connectivity index (χ2n) is 9.36. The van der Waals surface area contributed by atoms with Gasteiger partial charge in [0.15, 0.2) is 11.1 Å². The van der Waals surface area contributed by atoms with E-state index in [0.717, 1.165) is 48.9 Å². The van der Waals surface area contributed by atoms with Gasteiger partial charge >= 0.3 is 0 Å². The Hall–Kier alpha value is -4.58. The Bertz CT molecular complexity index is 1580. The van der Waals surface area contributed by atoms with Gasteiger partial charge in [0.05, 0.1) is 5.39 Å². The van der Waals surface area contributed by atoms with E-state index in [1.165, 1.54) is 5.69 Å². The Balaban J connectivity index is 1.44. The molecule has 0 unspecified atom stereocenters. The molecule has 1 N–H and O–H groups in total. The first-order chi connectivity index (χ1) is 18.2. The third kappa shape index (κ3) is 4.54. The zero-order valence-electron chi connectivity index (χ0n) is 20.8. The molecular weight excluding hydrogens is 458 g/mol. The van der Waals surface area contributed by atoms with Crippen LogP contribution < -0.4 is 20.5 Å². The molecule has 0 spiro atoms. The van der Waals surface area contributed by atoms with Crippen molar-refractivity contribution >= 4 is 34.0 Å². The number of fused-ring (bicyclic) bond motifs is 1. The number of pyridine rings is 2. The summed E-state index contributed by atoms with van der Waals surface area (Å²) >= 11 is 0. The molecule has 0 bridgehead atoms. The van der Waals surface area contributed by atoms with E-state index in [1.54, 1.807) is 6.07 Å². The molecule has 184 valence electrons. The SMILES string of the molecule is Cc1cc(N2CCN(c3ccccc3)CC2)nc2c1c(=O)cc(Nc1ccccc1)n2-c1ccccc1. The predicted octanol–water partition coefficient (Wildman–Crippen LogP) is 5.76. The van der Waals surface area contributed by atoms with Crippen LogP contribution >= 0.6 is 0 Å². The van der Waals surface area contributed by atoms with Crippen molar-refractivity contribution in [2.45, 2.75) is 6.92 Å². The van der Waals surface area contributed by atoms with Gasteiger partial charge in [-0.3, -0.25) is 9.36 Å². The van der Waals surface area contributed by atoms with E-state index < -0.39 is 0 Å². The molecule has 1 aliphatic heterocycles. The van der Waals surface area contributed by atoms with Crippen molar-refractivity contribution in [3.05, 3.63) is 119 Å². The summed E-state index contributed by atoms with van der Waals surface area (Å²) in [6.45, 7) is 5.58. The summed E-state index contributed by atoms with van der Waals surface area (Å²) in [6, 6.07) is 34.3. The zero-order valence-corrected chi connectivity index (χ0v) is 20.8. The third-order valence-corrected chi connectivity index (χ3v) is 6.94. The Morgan fingerprint density at radius 2 is 1.27 bits per heavy atom. The zero-order chi connectivity index (χ0) is 25.2. The molecule has 6 nitrogen and oxygen atoms in total. The maximum atomic E-state index is 13.4. The normalized spacial score (nSPS) is 13.6. The van der Waals surface area contributed by atoms with Crippen molar-refractivity contribution in [2.24, 2.45) is 0 Å². The van der Waals surface area contributed by atoms with Crippen molar-refractivity contribution in [3.8, 4) is 5.69 Å². The molecule has 1 saturated heterocycles. The number of piperazine rings is 1. The first kappa shape index (κ1) is 22.9. The van der Waals surface area contributed by atoms with Gasteiger partial charge in [-0.15, -0.1) is 0 Å². The van der Waals surface area contributed by atoms with E-state index >= 15 is 0 Å². The van der Waals surface area contributed by atoms with Gasteiger partial charge in [-0.1, -0.05) is 54.6 Å². The fourth-order valence-corrected chi connectivity index (χ4v) is 5.07. The molecular formula is C31H29N5O. The average molecular weight is 488 g/mol. The van der Waals surface area contributed by atoms with Crippen molar-refractivity contribution in [1.29, 1.82) is 0 Å². The summed E-state index contributed by atoms with van der Waals surface area (Å²) in [6.07, 6.45) is 0. The smallest absolute Gasteiger partial charge is 0.193 e. The lowest BCUT2D eigenvalue weighted by molar-refractivity contribution is 0.648. The summed E-state index contributed by atoms with van der Waals surface area (Å²) in [7, 11) is 0. The predicted molar refractivity (Wildman–Crippen MR) is 153 cm³/mol. The van der Waals surface area contributed by atoms with Gasteiger partial charge < -0.3 is 15.1 Å². The molecule has 5 aromatic rings. The van der Waals surface area contributed by atoms with Crippen molar-refractivity contribution in [2.75, 3.05) is 41.3 Å². The fourth-order valence-electron chi connectivity index (χ4n) is 5.07. The van der Waals surface area contributed by atoms with Gasteiger partial charge in [0.25, 0.3) is 0 Å². The summed E-state index contributed by atoms with van der Waals surface area (Å²) in [5.74, 6) is 1.59. The minimum atomic E-state index is -0.0361. The van der Waals surface area contributed by atoms with E-state index in [0.29, 0.717) is 16.9 Å². The van der Waals surface area contributed by atoms with Gasteiger partial charge in [0, 0.05) is 49.3 Å². The maximum Gasteiger partial charge on any atom is 0.193 e. The number of hydrogen-bond donors (Lipinski definition) is 1.